The molecule has 12 atom stereocenters. The molecule has 39 heavy (non-hydrogen) atoms. The van der Waals surface area contributed by atoms with E-state index in [-0.39, 0.29) is 42.0 Å². The summed E-state index contributed by atoms with van der Waals surface area (Å²) in [7, 11) is 1.58. The Morgan fingerprint density at radius 1 is 1.08 bits per heavy atom. The van der Waals surface area contributed by atoms with Gasteiger partial charge in [0.05, 0.1) is 36.1 Å². The molecule has 4 aliphatic carbocycles. The highest BCUT2D eigenvalue weighted by molar-refractivity contribution is 5.83. The van der Waals surface area contributed by atoms with E-state index in [1.54, 1.807) is 14.0 Å². The second kappa shape index (κ2) is 9.48. The van der Waals surface area contributed by atoms with Gasteiger partial charge in [-0.15, -0.1) is 0 Å². The van der Waals surface area contributed by atoms with Crippen LogP contribution in [0.1, 0.15) is 78.1 Å². The minimum absolute atomic E-state index is 0.00971. The number of aliphatic hydroxyl groups excluding tert-OH is 2. The average Bonchev–Trinajstić information content (AvgIpc) is 3.14. The minimum atomic E-state index is -1.10. The normalized spacial score (nSPS) is 55.1. The fourth-order valence-corrected chi connectivity index (χ4v) is 10.2. The lowest BCUT2D eigenvalue weighted by atomic mass is 9.40. The van der Waals surface area contributed by atoms with Crippen LogP contribution in [-0.2, 0) is 23.7 Å². The molecule has 0 radical (unpaired) electrons. The number of fused-ring (bicyclic) bond motifs is 6. The van der Waals surface area contributed by atoms with E-state index in [1.807, 2.05) is 6.08 Å². The van der Waals surface area contributed by atoms with Crippen molar-refractivity contribution in [2.24, 2.45) is 28.1 Å². The van der Waals surface area contributed by atoms with Crippen LogP contribution in [0.2, 0.25) is 0 Å². The molecule has 2 heterocycles. The smallest absolute Gasteiger partial charge is 0.330 e. The van der Waals surface area contributed by atoms with Crippen LogP contribution in [0.25, 0.3) is 0 Å². The number of carbonyl (C=O) groups excluding carboxylic acids is 1. The second-order valence-corrected chi connectivity index (χ2v) is 13.8. The van der Waals surface area contributed by atoms with Crippen molar-refractivity contribution in [3.8, 4) is 0 Å². The molecule has 0 unspecified atom stereocenters. The van der Waals surface area contributed by atoms with Gasteiger partial charge in [-0.2, -0.15) is 0 Å². The SMILES string of the molecule is CO[C@H]1C[C@@H](O[C@H]2CC[C@]3(CO)[C@@H]4CC[C@]5(C)[C@]6(C=CC(=O)OC6)CC[C@]5(O)[C@H]4CC[C@@]3(O)C2)O[C@@H](C)[C@@H]1O. The summed E-state index contributed by atoms with van der Waals surface area (Å²) in [6.07, 6.45) is 7.49. The van der Waals surface area contributed by atoms with Crippen LogP contribution >= 0.6 is 0 Å². The van der Waals surface area contributed by atoms with Gasteiger partial charge in [-0.05, 0) is 70.1 Å². The molecular formula is C30H46O9. The second-order valence-electron chi connectivity index (χ2n) is 13.8. The molecule has 1 spiro atoms. The molecule has 6 aliphatic rings. The molecule has 0 bridgehead atoms. The number of rotatable bonds is 4. The first-order valence-corrected chi connectivity index (χ1v) is 14.9. The molecule has 1 saturated heterocycles. The number of ether oxygens (including phenoxy) is 4. The zero-order valence-electron chi connectivity index (χ0n) is 23.5. The van der Waals surface area contributed by atoms with Crippen molar-refractivity contribution in [1.29, 1.82) is 0 Å². The van der Waals surface area contributed by atoms with Gasteiger partial charge in [0.2, 0.25) is 0 Å². The molecule has 0 aromatic heterocycles. The largest absolute Gasteiger partial charge is 0.462 e. The van der Waals surface area contributed by atoms with Gasteiger partial charge in [0.25, 0.3) is 0 Å². The van der Waals surface area contributed by atoms with Crippen LogP contribution in [0.3, 0.4) is 0 Å². The monoisotopic (exact) mass is 550 g/mol. The van der Waals surface area contributed by atoms with Crippen molar-refractivity contribution < 1.29 is 44.2 Å². The van der Waals surface area contributed by atoms with Crippen molar-refractivity contribution in [2.75, 3.05) is 20.3 Å². The molecule has 2 aliphatic heterocycles. The zero-order chi connectivity index (χ0) is 27.8. The molecule has 0 aromatic carbocycles. The van der Waals surface area contributed by atoms with Crippen molar-refractivity contribution in [1.82, 2.24) is 0 Å². The van der Waals surface area contributed by atoms with Gasteiger partial charge in [0.15, 0.2) is 6.29 Å². The third-order valence-electron chi connectivity index (χ3n) is 12.6. The van der Waals surface area contributed by atoms with E-state index in [0.29, 0.717) is 51.6 Å². The molecule has 4 saturated carbocycles. The number of hydrogen-bond acceptors (Lipinski definition) is 9. The Labute approximate surface area is 230 Å². The third kappa shape index (κ3) is 3.80. The average molecular weight is 551 g/mol. The Bertz CT molecular complexity index is 1000. The Balaban J connectivity index is 1.22. The van der Waals surface area contributed by atoms with Crippen LogP contribution in [-0.4, -0.2) is 88.6 Å². The maximum absolute atomic E-state index is 12.5. The van der Waals surface area contributed by atoms with Crippen LogP contribution in [0.15, 0.2) is 12.2 Å². The number of methoxy groups -OCH3 is 1. The van der Waals surface area contributed by atoms with Crippen molar-refractivity contribution in [3.05, 3.63) is 12.2 Å². The highest BCUT2D eigenvalue weighted by Gasteiger charge is 2.74. The van der Waals surface area contributed by atoms with Gasteiger partial charge in [-0.25, -0.2) is 4.79 Å². The predicted octanol–water partition coefficient (Wildman–Crippen LogP) is 2.23. The predicted molar refractivity (Wildman–Crippen MR) is 139 cm³/mol. The standard InChI is InChI=1S/C30H46O9/c1-18-25(33)22(36-3)14-24(38-18)39-19-4-10-28(16-31)20-5-8-26(2)27(9-7-23(32)37-17-27)12-13-30(26,35)21(20)6-11-29(28,34)15-19/h7,9,18-22,24-25,31,33-35H,4-6,8,10-17H2,1-3H3/t18-,19-,20+,21-,22-,24+,25-,26+,27+,28-,29+,30-/m0/s1. The van der Waals surface area contributed by atoms with Crippen LogP contribution in [0.5, 0.6) is 0 Å². The molecule has 0 amide bonds. The molecule has 9 heteroatoms. The molecule has 5 fully saturated rings. The number of carbonyl (C=O) groups is 1. The van der Waals surface area contributed by atoms with Crippen molar-refractivity contribution in [2.45, 2.75) is 120 Å². The Morgan fingerprint density at radius 2 is 1.85 bits per heavy atom. The van der Waals surface area contributed by atoms with Crippen molar-refractivity contribution >= 4 is 5.97 Å². The lowest BCUT2D eigenvalue weighted by Gasteiger charge is -2.67. The molecule has 9 nitrogen and oxygen atoms in total. The van der Waals surface area contributed by atoms with Crippen molar-refractivity contribution in [3.63, 3.8) is 0 Å². The van der Waals surface area contributed by atoms with Crippen LogP contribution < -0.4 is 0 Å². The molecule has 6 rings (SSSR count). The van der Waals surface area contributed by atoms with Crippen LogP contribution in [0.4, 0.5) is 0 Å². The highest BCUT2D eigenvalue weighted by Crippen LogP contribution is 2.73. The first kappa shape index (κ1) is 28.1. The quantitative estimate of drug-likeness (QED) is 0.307. The number of cyclic esters (lactones) is 1. The lowest BCUT2D eigenvalue weighted by molar-refractivity contribution is -0.300. The molecule has 220 valence electrons. The van der Waals surface area contributed by atoms with E-state index in [2.05, 4.69) is 6.92 Å². The highest BCUT2D eigenvalue weighted by atomic mass is 16.7. The first-order valence-electron chi connectivity index (χ1n) is 14.9. The zero-order valence-corrected chi connectivity index (χ0v) is 23.5. The van der Waals surface area contributed by atoms with E-state index >= 15 is 0 Å². The third-order valence-corrected chi connectivity index (χ3v) is 12.6. The van der Waals surface area contributed by atoms with E-state index in [1.165, 1.54) is 6.08 Å². The summed E-state index contributed by atoms with van der Waals surface area (Å²) in [4.78, 5) is 11.8. The van der Waals surface area contributed by atoms with Gasteiger partial charge >= 0.3 is 5.97 Å². The van der Waals surface area contributed by atoms with Gasteiger partial charge in [-0.3, -0.25) is 0 Å². The van der Waals surface area contributed by atoms with Gasteiger partial charge in [0, 0.05) is 42.3 Å². The topological polar surface area (TPSA) is 135 Å². The molecular weight excluding hydrogens is 504 g/mol. The summed E-state index contributed by atoms with van der Waals surface area (Å²) in [6, 6.07) is 0. The Morgan fingerprint density at radius 3 is 2.54 bits per heavy atom. The summed E-state index contributed by atoms with van der Waals surface area (Å²) < 4.78 is 23.2. The van der Waals surface area contributed by atoms with E-state index < -0.39 is 40.5 Å². The minimum Gasteiger partial charge on any atom is -0.462 e. The Hall–Kier alpha value is -1.07. The maximum atomic E-state index is 12.5. The van der Waals surface area contributed by atoms with Crippen LogP contribution in [0, 0.1) is 28.1 Å². The van der Waals surface area contributed by atoms with Gasteiger partial charge in [-0.1, -0.05) is 13.0 Å². The number of esters is 1. The molecule has 4 N–H and O–H groups in total. The fraction of sp³-hybridized carbons (Fsp3) is 0.900. The summed E-state index contributed by atoms with van der Waals surface area (Å²) in [5.74, 6) is -0.376. The number of aliphatic hydroxyl groups is 4. The Kier molecular flexibility index (Phi) is 6.82. The van der Waals surface area contributed by atoms with E-state index in [9.17, 15) is 25.2 Å². The maximum Gasteiger partial charge on any atom is 0.330 e. The van der Waals surface area contributed by atoms with Gasteiger partial charge in [0.1, 0.15) is 12.7 Å². The number of hydrogen-bond donors (Lipinski definition) is 4. The first-order chi connectivity index (χ1) is 18.5. The summed E-state index contributed by atoms with van der Waals surface area (Å²) in [5.41, 5.74) is -3.58. The summed E-state index contributed by atoms with van der Waals surface area (Å²) in [6.45, 7) is 4.14. The summed E-state index contributed by atoms with van der Waals surface area (Å²) in [5, 5.41) is 46.0. The lowest BCUT2D eigenvalue weighted by Crippen LogP contribution is -2.70. The summed E-state index contributed by atoms with van der Waals surface area (Å²) >= 11 is 0. The van der Waals surface area contributed by atoms with E-state index in [4.69, 9.17) is 18.9 Å². The fourth-order valence-electron chi connectivity index (χ4n) is 10.2. The molecule has 0 aromatic rings. The van der Waals surface area contributed by atoms with E-state index in [0.717, 1.165) is 19.3 Å². The van der Waals surface area contributed by atoms with Gasteiger partial charge < -0.3 is 39.4 Å².